The van der Waals surface area contributed by atoms with E-state index in [0.717, 1.165) is 75.3 Å². The quantitative estimate of drug-likeness (QED) is 0.295. The smallest absolute Gasteiger partial charge is 0.326 e. The second-order valence-corrected chi connectivity index (χ2v) is 11.5. The molecule has 0 bridgehead atoms. The lowest BCUT2D eigenvalue weighted by molar-refractivity contribution is -0.139. The van der Waals surface area contributed by atoms with Gasteiger partial charge in [-0.15, -0.1) is 0 Å². The summed E-state index contributed by atoms with van der Waals surface area (Å²) in [5.41, 5.74) is 2.15. The Morgan fingerprint density at radius 2 is 1.95 bits per heavy atom. The third-order valence-electron chi connectivity index (χ3n) is 8.00. The molecule has 2 aliphatic heterocycles. The fourth-order valence-electron chi connectivity index (χ4n) is 5.57. The molecule has 9 heteroatoms. The van der Waals surface area contributed by atoms with E-state index in [4.69, 9.17) is 9.72 Å². The summed E-state index contributed by atoms with van der Waals surface area (Å²) in [5.74, 6) is 0.846. The van der Waals surface area contributed by atoms with Gasteiger partial charge in [-0.05, 0) is 95.5 Å². The van der Waals surface area contributed by atoms with Crippen LogP contribution in [0.1, 0.15) is 63.6 Å². The van der Waals surface area contributed by atoms with Crippen molar-refractivity contribution in [3.8, 4) is 5.75 Å². The highest BCUT2D eigenvalue weighted by atomic mass is 16.5. The molecule has 218 valence electrons. The van der Waals surface area contributed by atoms with Gasteiger partial charge in [0.1, 0.15) is 24.2 Å². The van der Waals surface area contributed by atoms with Gasteiger partial charge in [0.05, 0.1) is 0 Å². The Bertz CT molecular complexity index is 1110. The van der Waals surface area contributed by atoms with Crippen LogP contribution in [0.5, 0.6) is 5.75 Å². The topological polar surface area (TPSA) is 107 Å². The van der Waals surface area contributed by atoms with Crippen molar-refractivity contribution >= 4 is 17.8 Å². The number of aromatic nitrogens is 1. The van der Waals surface area contributed by atoms with E-state index in [1.807, 2.05) is 44.2 Å². The lowest BCUT2D eigenvalue weighted by atomic mass is 10.0. The number of hydrogen-bond donors (Lipinski definition) is 3. The number of aliphatic carboxylic acids is 1. The van der Waals surface area contributed by atoms with Crippen LogP contribution in [0, 0.1) is 0 Å². The number of amides is 2. The molecule has 1 fully saturated rings. The standard InChI is InChI=1S/C31H45N5O4/c1-31(2)17-9-20-36(31)30(39)34-27(29(37)38)16-21-35(22-23-40-26-12-4-3-5-13-26)19-7-6-11-25-15-14-24-10-8-18-32-28(24)33-25/h3-5,12-15,27H,6-11,16-23H2,1-2H3,(H,32,33)(H,34,39)(H,37,38)/t27-/m0/s1. The molecule has 9 nitrogen and oxygen atoms in total. The number of carboxylic acid groups (broad SMARTS) is 1. The summed E-state index contributed by atoms with van der Waals surface area (Å²) in [6.45, 7) is 8.25. The molecule has 1 atom stereocenters. The first-order chi connectivity index (χ1) is 19.3. The van der Waals surface area contributed by atoms with E-state index in [-0.39, 0.29) is 11.6 Å². The molecule has 3 N–H and O–H groups in total. The minimum Gasteiger partial charge on any atom is -0.492 e. The van der Waals surface area contributed by atoms with Crippen molar-refractivity contribution < 1.29 is 19.4 Å². The Hall–Kier alpha value is -3.33. The maximum atomic E-state index is 12.9. The molecular weight excluding hydrogens is 506 g/mol. The van der Waals surface area contributed by atoms with Crippen LogP contribution in [-0.4, -0.2) is 82.8 Å². The number of unbranched alkanes of at least 4 members (excludes halogenated alkanes) is 1. The number of anilines is 1. The van der Waals surface area contributed by atoms with E-state index in [9.17, 15) is 14.7 Å². The van der Waals surface area contributed by atoms with E-state index < -0.39 is 12.0 Å². The van der Waals surface area contributed by atoms with E-state index in [0.29, 0.717) is 32.7 Å². The first-order valence-corrected chi connectivity index (χ1v) is 14.8. The molecule has 4 rings (SSSR count). The lowest BCUT2D eigenvalue weighted by Gasteiger charge is -2.33. The minimum atomic E-state index is -1.00. The highest BCUT2D eigenvalue weighted by Gasteiger charge is 2.36. The number of urea groups is 1. The molecule has 40 heavy (non-hydrogen) atoms. The predicted molar refractivity (Wildman–Crippen MR) is 157 cm³/mol. The number of aryl methyl sites for hydroxylation is 2. The van der Waals surface area contributed by atoms with Gasteiger partial charge in [-0.3, -0.25) is 4.90 Å². The number of likely N-dealkylation sites (tertiary alicyclic amines) is 1. The third-order valence-corrected chi connectivity index (χ3v) is 8.00. The highest BCUT2D eigenvalue weighted by Crippen LogP contribution is 2.28. The molecule has 1 aromatic carbocycles. The number of para-hydroxylation sites is 1. The number of carboxylic acids is 1. The zero-order chi connectivity index (χ0) is 28.4. The van der Waals surface area contributed by atoms with Crippen molar-refractivity contribution in [1.82, 2.24) is 20.1 Å². The van der Waals surface area contributed by atoms with Crippen LogP contribution in [0.3, 0.4) is 0 Å². The molecule has 0 aliphatic carbocycles. The summed E-state index contributed by atoms with van der Waals surface area (Å²) in [6, 6.07) is 12.8. The van der Waals surface area contributed by atoms with E-state index in [2.05, 4.69) is 27.7 Å². The van der Waals surface area contributed by atoms with Crippen LogP contribution in [0.25, 0.3) is 0 Å². The summed E-state index contributed by atoms with van der Waals surface area (Å²) in [6.07, 6.45) is 7.29. The molecule has 3 heterocycles. The number of nitrogens with zero attached hydrogens (tertiary/aromatic N) is 3. The molecule has 0 spiro atoms. The Labute approximate surface area is 238 Å². The molecule has 2 aliphatic rings. The van der Waals surface area contributed by atoms with Crippen molar-refractivity contribution in [1.29, 1.82) is 0 Å². The van der Waals surface area contributed by atoms with E-state index >= 15 is 0 Å². The maximum absolute atomic E-state index is 12.9. The average molecular weight is 552 g/mol. The van der Waals surface area contributed by atoms with Crippen molar-refractivity contribution in [2.75, 3.05) is 44.6 Å². The van der Waals surface area contributed by atoms with Crippen LogP contribution in [0.4, 0.5) is 10.6 Å². The summed E-state index contributed by atoms with van der Waals surface area (Å²) < 4.78 is 5.92. The predicted octanol–water partition coefficient (Wildman–Crippen LogP) is 4.57. The molecular formula is C31H45N5O4. The summed E-state index contributed by atoms with van der Waals surface area (Å²) in [4.78, 5) is 33.8. The number of hydrogen-bond acceptors (Lipinski definition) is 6. The van der Waals surface area contributed by atoms with E-state index in [1.54, 1.807) is 4.90 Å². The Morgan fingerprint density at radius 3 is 2.70 bits per heavy atom. The molecule has 0 radical (unpaired) electrons. The number of carbonyl (C=O) groups excluding carboxylic acids is 1. The normalized spacial score (nSPS) is 16.7. The van der Waals surface area contributed by atoms with Crippen molar-refractivity contribution in [3.05, 3.63) is 53.7 Å². The Kier molecular flexibility index (Phi) is 10.6. The van der Waals surface area contributed by atoms with Gasteiger partial charge in [-0.25, -0.2) is 14.6 Å². The zero-order valence-corrected chi connectivity index (χ0v) is 24.0. The highest BCUT2D eigenvalue weighted by molar-refractivity contribution is 5.83. The molecule has 2 aromatic rings. The number of carbonyl (C=O) groups is 2. The SMILES string of the molecule is CC1(C)CCCN1C(=O)N[C@@H](CCN(CCCCc1ccc2c(n1)NCCC2)CCOc1ccccc1)C(=O)O. The molecule has 0 saturated carbocycles. The fourth-order valence-corrected chi connectivity index (χ4v) is 5.57. The lowest BCUT2D eigenvalue weighted by Crippen LogP contribution is -2.53. The first-order valence-electron chi connectivity index (χ1n) is 14.8. The Morgan fingerprint density at radius 1 is 1.12 bits per heavy atom. The van der Waals surface area contributed by atoms with Gasteiger partial charge in [0.25, 0.3) is 0 Å². The number of fused-ring (bicyclic) bond motifs is 1. The summed E-state index contributed by atoms with van der Waals surface area (Å²) in [7, 11) is 0. The van der Waals surface area contributed by atoms with Crippen molar-refractivity contribution in [2.45, 2.75) is 76.8 Å². The third kappa shape index (κ3) is 8.58. The number of ether oxygens (including phenoxy) is 1. The van der Waals surface area contributed by atoms with E-state index in [1.165, 1.54) is 5.56 Å². The first kappa shape index (κ1) is 29.6. The van der Waals surface area contributed by atoms with Crippen LogP contribution >= 0.6 is 0 Å². The number of nitrogens with one attached hydrogen (secondary N) is 2. The van der Waals surface area contributed by atoms with Gasteiger partial charge in [0.2, 0.25) is 0 Å². The van der Waals surface area contributed by atoms with Crippen LogP contribution in [0.15, 0.2) is 42.5 Å². The number of benzene rings is 1. The van der Waals surface area contributed by atoms with Gasteiger partial charge < -0.3 is 25.4 Å². The Balaban J connectivity index is 1.29. The molecule has 2 amide bonds. The monoisotopic (exact) mass is 551 g/mol. The summed E-state index contributed by atoms with van der Waals surface area (Å²) >= 11 is 0. The fraction of sp³-hybridized carbons (Fsp3) is 0.581. The van der Waals surface area contributed by atoms with Gasteiger partial charge >= 0.3 is 12.0 Å². The second kappa shape index (κ2) is 14.3. The summed E-state index contributed by atoms with van der Waals surface area (Å²) in [5, 5.41) is 16.1. The minimum absolute atomic E-state index is 0.253. The van der Waals surface area contributed by atoms with Gasteiger partial charge in [-0.1, -0.05) is 24.3 Å². The van der Waals surface area contributed by atoms with Crippen LogP contribution in [-0.2, 0) is 17.6 Å². The molecule has 1 saturated heterocycles. The van der Waals surface area contributed by atoms with Crippen LogP contribution in [0.2, 0.25) is 0 Å². The second-order valence-electron chi connectivity index (χ2n) is 11.5. The van der Waals surface area contributed by atoms with Gasteiger partial charge in [0.15, 0.2) is 0 Å². The largest absolute Gasteiger partial charge is 0.492 e. The number of pyridine rings is 1. The average Bonchev–Trinajstić information content (AvgIpc) is 3.31. The zero-order valence-electron chi connectivity index (χ0n) is 24.0. The maximum Gasteiger partial charge on any atom is 0.326 e. The van der Waals surface area contributed by atoms with Crippen LogP contribution < -0.4 is 15.4 Å². The van der Waals surface area contributed by atoms with Crippen molar-refractivity contribution in [3.63, 3.8) is 0 Å². The van der Waals surface area contributed by atoms with Gasteiger partial charge in [0, 0.05) is 37.4 Å². The molecule has 0 unspecified atom stereocenters. The van der Waals surface area contributed by atoms with Crippen molar-refractivity contribution in [2.24, 2.45) is 0 Å². The number of rotatable bonds is 14. The van der Waals surface area contributed by atoms with Gasteiger partial charge in [-0.2, -0.15) is 0 Å². The molecule has 1 aromatic heterocycles.